The third kappa shape index (κ3) is 4.13. The van der Waals surface area contributed by atoms with Gasteiger partial charge in [-0.15, -0.1) is 0 Å². The molecule has 118 valence electrons. The molecular weight excluding hydrogens is 305 g/mol. The second-order valence-corrected chi connectivity index (χ2v) is 7.92. The van der Waals surface area contributed by atoms with Gasteiger partial charge in [0, 0.05) is 34.2 Å². The minimum atomic E-state index is 0.0436. The topological polar surface area (TPSA) is 21.3 Å². The minimum Gasteiger partial charge on any atom is -0.378 e. The zero-order valence-corrected chi connectivity index (χ0v) is 14.8. The van der Waals surface area contributed by atoms with Crippen LogP contribution in [0.25, 0.3) is 0 Å². The average molecular weight is 330 g/mol. The molecule has 1 saturated heterocycles. The molecule has 0 amide bonds. The molecule has 0 aromatic heterocycles. The second kappa shape index (κ2) is 6.45. The molecule has 0 spiro atoms. The van der Waals surface area contributed by atoms with Crippen LogP contribution >= 0.6 is 23.2 Å². The molecule has 2 atom stereocenters. The van der Waals surface area contributed by atoms with Crippen molar-refractivity contribution in [3.05, 3.63) is 33.8 Å². The quantitative estimate of drug-likeness (QED) is 0.862. The molecule has 21 heavy (non-hydrogen) atoms. The van der Waals surface area contributed by atoms with Gasteiger partial charge in [-0.25, -0.2) is 0 Å². The fourth-order valence-corrected chi connectivity index (χ4v) is 3.37. The van der Waals surface area contributed by atoms with E-state index in [0.29, 0.717) is 0 Å². The van der Waals surface area contributed by atoms with E-state index in [-0.39, 0.29) is 17.1 Å². The van der Waals surface area contributed by atoms with Crippen LogP contribution in [0.3, 0.4) is 0 Å². The standard InChI is InChI=1S/C17H25Cl2NO/c1-12-17(8-9-21-12,11-20-16(2,3)4)10-13-14(18)6-5-7-15(13)19/h5-7,12,20H,8-11H2,1-4H3. The van der Waals surface area contributed by atoms with Crippen molar-refractivity contribution >= 4 is 23.2 Å². The lowest BCUT2D eigenvalue weighted by Crippen LogP contribution is -2.47. The van der Waals surface area contributed by atoms with Gasteiger partial charge in [0.05, 0.1) is 6.10 Å². The number of ether oxygens (including phenoxy) is 1. The Balaban J connectivity index is 2.25. The summed E-state index contributed by atoms with van der Waals surface area (Å²) in [6.07, 6.45) is 2.06. The summed E-state index contributed by atoms with van der Waals surface area (Å²) in [6, 6.07) is 5.71. The smallest absolute Gasteiger partial charge is 0.0619 e. The highest BCUT2D eigenvalue weighted by Crippen LogP contribution is 2.41. The third-order valence-corrected chi connectivity index (χ3v) is 5.10. The molecule has 0 saturated carbocycles. The van der Waals surface area contributed by atoms with Gasteiger partial charge in [-0.1, -0.05) is 29.3 Å². The van der Waals surface area contributed by atoms with Gasteiger partial charge in [-0.05, 0) is 58.2 Å². The van der Waals surface area contributed by atoms with Crippen LogP contribution in [0.1, 0.15) is 39.7 Å². The Hall–Kier alpha value is -0.280. The molecule has 2 nitrogen and oxygen atoms in total. The van der Waals surface area contributed by atoms with E-state index in [1.807, 2.05) is 18.2 Å². The zero-order chi connectivity index (χ0) is 15.7. The lowest BCUT2D eigenvalue weighted by molar-refractivity contribution is 0.0598. The van der Waals surface area contributed by atoms with E-state index in [2.05, 4.69) is 33.0 Å². The van der Waals surface area contributed by atoms with Crippen molar-refractivity contribution in [2.45, 2.75) is 52.2 Å². The lowest BCUT2D eigenvalue weighted by atomic mass is 9.75. The highest BCUT2D eigenvalue weighted by Gasteiger charge is 2.42. The van der Waals surface area contributed by atoms with Crippen molar-refractivity contribution in [3.8, 4) is 0 Å². The van der Waals surface area contributed by atoms with Crippen molar-refractivity contribution < 1.29 is 4.74 Å². The Morgan fingerprint density at radius 1 is 1.29 bits per heavy atom. The Morgan fingerprint density at radius 2 is 1.90 bits per heavy atom. The second-order valence-electron chi connectivity index (χ2n) is 7.11. The molecule has 0 bridgehead atoms. The lowest BCUT2D eigenvalue weighted by Gasteiger charge is -2.36. The van der Waals surface area contributed by atoms with Crippen LogP contribution in [0.15, 0.2) is 18.2 Å². The van der Waals surface area contributed by atoms with Crippen LogP contribution in [0.5, 0.6) is 0 Å². The number of rotatable bonds is 4. The van der Waals surface area contributed by atoms with Crippen LogP contribution in [-0.4, -0.2) is 24.8 Å². The predicted octanol–water partition coefficient (Wildman–Crippen LogP) is 4.72. The average Bonchev–Trinajstić information content (AvgIpc) is 2.73. The maximum Gasteiger partial charge on any atom is 0.0619 e. The summed E-state index contributed by atoms with van der Waals surface area (Å²) in [5.41, 5.74) is 1.16. The maximum atomic E-state index is 6.36. The van der Waals surface area contributed by atoms with Crippen LogP contribution < -0.4 is 5.32 Å². The molecule has 1 aromatic rings. The van der Waals surface area contributed by atoms with Crippen LogP contribution in [0.2, 0.25) is 10.0 Å². The van der Waals surface area contributed by atoms with Gasteiger partial charge in [-0.2, -0.15) is 0 Å². The Kier molecular flexibility index (Phi) is 5.25. The van der Waals surface area contributed by atoms with Crippen LogP contribution in [-0.2, 0) is 11.2 Å². The molecule has 1 N–H and O–H groups in total. The molecule has 2 unspecified atom stereocenters. The summed E-state index contributed by atoms with van der Waals surface area (Å²) in [4.78, 5) is 0. The number of hydrogen-bond donors (Lipinski definition) is 1. The highest BCUT2D eigenvalue weighted by atomic mass is 35.5. The van der Waals surface area contributed by atoms with Crippen molar-refractivity contribution in [1.29, 1.82) is 0 Å². The molecule has 1 heterocycles. The monoisotopic (exact) mass is 329 g/mol. The fraction of sp³-hybridized carbons (Fsp3) is 0.647. The molecule has 2 rings (SSSR count). The highest BCUT2D eigenvalue weighted by molar-refractivity contribution is 6.36. The Morgan fingerprint density at radius 3 is 2.38 bits per heavy atom. The molecule has 0 aliphatic carbocycles. The normalized spacial score (nSPS) is 26.3. The van der Waals surface area contributed by atoms with E-state index >= 15 is 0 Å². The van der Waals surface area contributed by atoms with E-state index in [0.717, 1.165) is 41.6 Å². The van der Waals surface area contributed by atoms with Gasteiger partial charge in [0.2, 0.25) is 0 Å². The molecular formula is C17H25Cl2NO. The van der Waals surface area contributed by atoms with Gasteiger partial charge < -0.3 is 10.1 Å². The first kappa shape index (κ1) is 17.1. The Labute approximate surface area is 138 Å². The van der Waals surface area contributed by atoms with Crippen molar-refractivity contribution in [2.75, 3.05) is 13.2 Å². The number of halogens is 2. The van der Waals surface area contributed by atoms with Gasteiger partial charge >= 0.3 is 0 Å². The first-order chi connectivity index (χ1) is 9.73. The first-order valence-electron chi connectivity index (χ1n) is 7.53. The fourth-order valence-electron chi connectivity index (χ4n) is 2.84. The Bertz CT molecular complexity index is 478. The molecule has 4 heteroatoms. The maximum absolute atomic E-state index is 6.36. The van der Waals surface area contributed by atoms with Gasteiger partial charge in [0.15, 0.2) is 0 Å². The number of hydrogen-bond acceptors (Lipinski definition) is 2. The SMILES string of the molecule is CC1OCCC1(CNC(C)(C)C)Cc1c(Cl)cccc1Cl. The molecule has 1 aliphatic rings. The number of nitrogens with one attached hydrogen (secondary N) is 1. The van der Waals surface area contributed by atoms with E-state index < -0.39 is 0 Å². The first-order valence-corrected chi connectivity index (χ1v) is 8.29. The summed E-state index contributed by atoms with van der Waals surface area (Å²) < 4.78 is 5.86. The molecule has 1 aromatic carbocycles. The predicted molar refractivity (Wildman–Crippen MR) is 90.4 cm³/mol. The van der Waals surface area contributed by atoms with Crippen molar-refractivity contribution in [3.63, 3.8) is 0 Å². The summed E-state index contributed by atoms with van der Waals surface area (Å²) in [7, 11) is 0. The van der Waals surface area contributed by atoms with E-state index in [1.54, 1.807) is 0 Å². The van der Waals surface area contributed by atoms with Gasteiger partial charge in [0.1, 0.15) is 0 Å². The zero-order valence-electron chi connectivity index (χ0n) is 13.3. The van der Waals surface area contributed by atoms with Gasteiger partial charge in [0.25, 0.3) is 0 Å². The van der Waals surface area contributed by atoms with Crippen LogP contribution in [0.4, 0.5) is 0 Å². The molecule has 1 aliphatic heterocycles. The summed E-state index contributed by atoms with van der Waals surface area (Å²) in [5.74, 6) is 0. The third-order valence-electron chi connectivity index (χ3n) is 4.39. The molecule has 0 radical (unpaired) electrons. The minimum absolute atomic E-state index is 0.0436. The van der Waals surface area contributed by atoms with E-state index in [1.165, 1.54) is 0 Å². The summed E-state index contributed by atoms with van der Waals surface area (Å²) in [6.45, 7) is 10.4. The van der Waals surface area contributed by atoms with Crippen molar-refractivity contribution in [1.82, 2.24) is 5.32 Å². The summed E-state index contributed by atoms with van der Waals surface area (Å²) >= 11 is 12.7. The van der Waals surface area contributed by atoms with Crippen LogP contribution in [0, 0.1) is 5.41 Å². The van der Waals surface area contributed by atoms with Gasteiger partial charge in [-0.3, -0.25) is 0 Å². The van der Waals surface area contributed by atoms with E-state index in [9.17, 15) is 0 Å². The van der Waals surface area contributed by atoms with E-state index in [4.69, 9.17) is 27.9 Å². The largest absolute Gasteiger partial charge is 0.378 e. The molecule has 1 fully saturated rings. The number of benzene rings is 1. The summed E-state index contributed by atoms with van der Waals surface area (Å²) in [5, 5.41) is 5.12. The van der Waals surface area contributed by atoms with Crippen molar-refractivity contribution in [2.24, 2.45) is 5.41 Å².